The van der Waals surface area contributed by atoms with E-state index in [4.69, 9.17) is 5.73 Å². The van der Waals surface area contributed by atoms with Crippen molar-refractivity contribution in [2.24, 2.45) is 5.73 Å². The highest BCUT2D eigenvalue weighted by Crippen LogP contribution is 2.26. The molecule has 3 nitrogen and oxygen atoms in total. The van der Waals surface area contributed by atoms with E-state index in [2.05, 4.69) is 45.7 Å². The van der Waals surface area contributed by atoms with Crippen LogP contribution in [0.25, 0.3) is 0 Å². The summed E-state index contributed by atoms with van der Waals surface area (Å²) in [5, 5.41) is 0. The Kier molecular flexibility index (Phi) is 5.22. The molecule has 0 aromatic carbocycles. The molecular formula is C12H20BrN3. The van der Waals surface area contributed by atoms with Crippen LogP contribution in [0.4, 0.5) is 5.82 Å². The molecule has 4 heteroatoms. The summed E-state index contributed by atoms with van der Waals surface area (Å²) in [6, 6.07) is 2.53. The van der Waals surface area contributed by atoms with Gasteiger partial charge in [-0.3, -0.25) is 0 Å². The number of halogens is 1. The van der Waals surface area contributed by atoms with E-state index >= 15 is 0 Å². The first-order valence-corrected chi connectivity index (χ1v) is 6.44. The summed E-state index contributed by atoms with van der Waals surface area (Å²) in [7, 11) is 0. The average molecular weight is 286 g/mol. The Balaban J connectivity index is 2.92. The van der Waals surface area contributed by atoms with Gasteiger partial charge in [0.1, 0.15) is 5.82 Å². The van der Waals surface area contributed by atoms with Gasteiger partial charge >= 0.3 is 0 Å². The monoisotopic (exact) mass is 285 g/mol. The molecule has 1 rings (SSSR count). The fourth-order valence-electron chi connectivity index (χ4n) is 1.61. The molecule has 0 aliphatic rings. The van der Waals surface area contributed by atoms with Gasteiger partial charge in [0.15, 0.2) is 0 Å². The molecule has 1 heterocycles. The van der Waals surface area contributed by atoms with E-state index in [1.54, 1.807) is 0 Å². The zero-order valence-corrected chi connectivity index (χ0v) is 11.8. The number of nitrogens with zero attached hydrogens (tertiary/aromatic N) is 2. The number of hydrogen-bond acceptors (Lipinski definition) is 3. The van der Waals surface area contributed by atoms with Gasteiger partial charge in [0.05, 0.1) is 4.47 Å². The summed E-state index contributed by atoms with van der Waals surface area (Å²) in [6.45, 7) is 8.05. The molecule has 0 radical (unpaired) electrons. The fraction of sp³-hybridized carbons (Fsp3) is 0.583. The third-order valence-electron chi connectivity index (χ3n) is 2.46. The van der Waals surface area contributed by atoms with Crippen LogP contribution in [-0.2, 0) is 0 Å². The van der Waals surface area contributed by atoms with Crippen molar-refractivity contribution in [2.45, 2.75) is 33.2 Å². The maximum atomic E-state index is 5.56. The lowest BCUT2D eigenvalue weighted by molar-refractivity contribution is 0.647. The molecule has 0 fully saturated rings. The zero-order valence-electron chi connectivity index (χ0n) is 10.2. The van der Waals surface area contributed by atoms with E-state index in [9.17, 15) is 0 Å². The molecule has 2 N–H and O–H groups in total. The molecular weight excluding hydrogens is 266 g/mol. The molecule has 0 spiro atoms. The standard InChI is InChI=1S/C12H20BrN3/c1-9(2)16(6-4-5-14)12-11(13)7-10(3)8-15-12/h7-9H,4-6,14H2,1-3H3. The molecule has 0 saturated heterocycles. The predicted octanol–water partition coefficient (Wildman–Crippen LogP) is 2.72. The van der Waals surface area contributed by atoms with Crippen LogP contribution in [0.3, 0.4) is 0 Å². The maximum Gasteiger partial charge on any atom is 0.143 e. The van der Waals surface area contributed by atoms with Gasteiger partial charge in [-0.15, -0.1) is 0 Å². The Morgan fingerprint density at radius 2 is 2.19 bits per heavy atom. The summed E-state index contributed by atoms with van der Waals surface area (Å²) in [5.41, 5.74) is 6.72. The highest BCUT2D eigenvalue weighted by molar-refractivity contribution is 9.10. The van der Waals surface area contributed by atoms with Crippen LogP contribution in [0.15, 0.2) is 16.7 Å². The van der Waals surface area contributed by atoms with Crippen LogP contribution in [0.5, 0.6) is 0 Å². The van der Waals surface area contributed by atoms with Gasteiger partial charge < -0.3 is 10.6 Å². The van der Waals surface area contributed by atoms with Crippen LogP contribution in [-0.4, -0.2) is 24.1 Å². The molecule has 1 aromatic heterocycles. The topological polar surface area (TPSA) is 42.2 Å². The van der Waals surface area contributed by atoms with Crippen molar-refractivity contribution in [2.75, 3.05) is 18.0 Å². The third-order valence-corrected chi connectivity index (χ3v) is 3.04. The number of hydrogen-bond donors (Lipinski definition) is 1. The van der Waals surface area contributed by atoms with Gasteiger partial charge in [0.25, 0.3) is 0 Å². The smallest absolute Gasteiger partial charge is 0.143 e. The molecule has 1 aromatic rings. The number of pyridine rings is 1. The van der Waals surface area contributed by atoms with Gasteiger partial charge in [-0.05, 0) is 61.3 Å². The number of aromatic nitrogens is 1. The lowest BCUT2D eigenvalue weighted by atomic mass is 10.2. The predicted molar refractivity (Wildman–Crippen MR) is 72.8 cm³/mol. The van der Waals surface area contributed by atoms with Crippen molar-refractivity contribution in [1.82, 2.24) is 4.98 Å². The van der Waals surface area contributed by atoms with E-state index in [1.807, 2.05) is 13.1 Å². The molecule has 0 aliphatic heterocycles. The van der Waals surface area contributed by atoms with Crippen molar-refractivity contribution in [3.63, 3.8) is 0 Å². The second kappa shape index (κ2) is 6.21. The van der Waals surface area contributed by atoms with E-state index in [-0.39, 0.29) is 0 Å². The summed E-state index contributed by atoms with van der Waals surface area (Å²) < 4.78 is 1.05. The second-order valence-electron chi connectivity index (χ2n) is 4.25. The van der Waals surface area contributed by atoms with Gasteiger partial charge in [0, 0.05) is 18.8 Å². The molecule has 90 valence electrons. The molecule has 0 atom stereocenters. The fourth-order valence-corrected chi connectivity index (χ4v) is 2.30. The summed E-state index contributed by atoms with van der Waals surface area (Å²) in [4.78, 5) is 6.76. The Bertz CT molecular complexity index is 339. The van der Waals surface area contributed by atoms with Crippen LogP contribution in [0, 0.1) is 6.92 Å². The lowest BCUT2D eigenvalue weighted by Gasteiger charge is -2.28. The van der Waals surface area contributed by atoms with Crippen molar-refractivity contribution in [1.29, 1.82) is 0 Å². The summed E-state index contributed by atoms with van der Waals surface area (Å²) >= 11 is 3.57. The van der Waals surface area contributed by atoms with Gasteiger partial charge in [-0.1, -0.05) is 0 Å². The number of anilines is 1. The number of nitrogens with two attached hydrogens (primary N) is 1. The minimum absolute atomic E-state index is 0.429. The first-order valence-electron chi connectivity index (χ1n) is 5.65. The summed E-state index contributed by atoms with van der Waals surface area (Å²) in [6.07, 6.45) is 2.89. The maximum absolute atomic E-state index is 5.56. The van der Waals surface area contributed by atoms with Crippen LogP contribution >= 0.6 is 15.9 Å². The zero-order chi connectivity index (χ0) is 12.1. The minimum atomic E-state index is 0.429. The Labute approximate surface area is 106 Å². The van der Waals surface area contributed by atoms with E-state index in [0.717, 1.165) is 28.8 Å². The largest absolute Gasteiger partial charge is 0.353 e. The van der Waals surface area contributed by atoms with E-state index < -0.39 is 0 Å². The number of rotatable bonds is 5. The third kappa shape index (κ3) is 3.46. The second-order valence-corrected chi connectivity index (χ2v) is 5.10. The number of aryl methyl sites for hydroxylation is 1. The first kappa shape index (κ1) is 13.5. The first-order chi connectivity index (χ1) is 7.56. The summed E-state index contributed by atoms with van der Waals surface area (Å²) in [5.74, 6) is 1.01. The van der Waals surface area contributed by atoms with Crippen molar-refractivity contribution in [3.05, 3.63) is 22.3 Å². The highest BCUT2D eigenvalue weighted by atomic mass is 79.9. The molecule has 16 heavy (non-hydrogen) atoms. The van der Waals surface area contributed by atoms with Gasteiger partial charge in [0.2, 0.25) is 0 Å². The average Bonchev–Trinajstić information content (AvgIpc) is 2.20. The van der Waals surface area contributed by atoms with Crippen LogP contribution in [0.2, 0.25) is 0 Å². The Hall–Kier alpha value is -0.610. The van der Waals surface area contributed by atoms with Gasteiger partial charge in [-0.2, -0.15) is 0 Å². The van der Waals surface area contributed by atoms with Crippen molar-refractivity contribution < 1.29 is 0 Å². The normalized spacial score (nSPS) is 10.9. The Morgan fingerprint density at radius 3 is 2.69 bits per heavy atom. The SMILES string of the molecule is Cc1cnc(N(CCCN)C(C)C)c(Br)c1. The molecule has 0 amide bonds. The highest BCUT2D eigenvalue weighted by Gasteiger charge is 2.14. The van der Waals surface area contributed by atoms with Gasteiger partial charge in [-0.25, -0.2) is 4.98 Å². The lowest BCUT2D eigenvalue weighted by Crippen LogP contribution is -2.33. The van der Waals surface area contributed by atoms with E-state index in [0.29, 0.717) is 12.6 Å². The Morgan fingerprint density at radius 1 is 1.50 bits per heavy atom. The van der Waals surface area contributed by atoms with Crippen LogP contribution in [0.1, 0.15) is 25.8 Å². The minimum Gasteiger partial charge on any atom is -0.353 e. The molecule has 0 saturated carbocycles. The molecule has 0 bridgehead atoms. The van der Waals surface area contributed by atoms with E-state index in [1.165, 1.54) is 0 Å². The van der Waals surface area contributed by atoms with Crippen LogP contribution < -0.4 is 10.6 Å². The van der Waals surface area contributed by atoms with Crippen molar-refractivity contribution in [3.8, 4) is 0 Å². The van der Waals surface area contributed by atoms with Crippen molar-refractivity contribution >= 4 is 21.7 Å². The quantitative estimate of drug-likeness (QED) is 0.905. The molecule has 0 unspecified atom stereocenters. The molecule has 0 aliphatic carbocycles.